The highest BCUT2D eigenvalue weighted by molar-refractivity contribution is 6.90. The van der Waals surface area contributed by atoms with Crippen LogP contribution in [0.2, 0.25) is 16.6 Å². The molecule has 1 atom stereocenters. The lowest BCUT2D eigenvalue weighted by molar-refractivity contribution is 0.0727. The van der Waals surface area contributed by atoms with Crippen LogP contribution in [0.5, 0.6) is 0 Å². The molecule has 0 amide bonds. The van der Waals surface area contributed by atoms with Crippen LogP contribution in [-0.4, -0.2) is 18.8 Å². The van der Waals surface area contributed by atoms with Gasteiger partial charge < -0.3 is 5.11 Å². The van der Waals surface area contributed by atoms with Crippen LogP contribution >= 0.6 is 0 Å². The molecule has 2 heteroatoms. The molecule has 1 N–H and O–H groups in total. The summed E-state index contributed by atoms with van der Waals surface area (Å²) in [6.07, 6.45) is 0. The summed E-state index contributed by atoms with van der Waals surface area (Å²) in [4.78, 5) is 0. The van der Waals surface area contributed by atoms with E-state index in [9.17, 15) is 5.11 Å². The van der Waals surface area contributed by atoms with Crippen molar-refractivity contribution in [1.82, 2.24) is 0 Å². The second-order valence-electron chi connectivity index (χ2n) is 6.95. The predicted molar refractivity (Wildman–Crippen MR) is 84.3 cm³/mol. The molecule has 1 nitrogen and oxygen atoms in total. The minimum absolute atomic E-state index is 0.170. The Balaban J connectivity index is 5.60. The number of rotatable bonds is 4. The fourth-order valence-corrected chi connectivity index (χ4v) is 8.15. The van der Waals surface area contributed by atoms with Gasteiger partial charge in [0.15, 0.2) is 0 Å². The van der Waals surface area contributed by atoms with Gasteiger partial charge in [0.25, 0.3) is 0 Å². The van der Waals surface area contributed by atoms with E-state index in [0.29, 0.717) is 16.6 Å². The van der Waals surface area contributed by atoms with Gasteiger partial charge in [0.2, 0.25) is 0 Å². The van der Waals surface area contributed by atoms with Crippen LogP contribution in [0.25, 0.3) is 0 Å². The Morgan fingerprint density at radius 1 is 0.833 bits per heavy atom. The summed E-state index contributed by atoms with van der Waals surface area (Å²) in [7, 11) is -1.70. The van der Waals surface area contributed by atoms with Crippen LogP contribution < -0.4 is 0 Å². The van der Waals surface area contributed by atoms with E-state index in [0.717, 1.165) is 0 Å². The molecule has 0 radical (unpaired) electrons. The normalized spacial score (nSPS) is 16.1. The zero-order valence-corrected chi connectivity index (χ0v) is 14.8. The van der Waals surface area contributed by atoms with Gasteiger partial charge in [-0.05, 0) is 29.5 Å². The average molecular weight is 269 g/mol. The highest BCUT2D eigenvalue weighted by atomic mass is 28.3. The highest BCUT2D eigenvalue weighted by Crippen LogP contribution is 2.40. The molecule has 0 spiro atoms. The third-order valence-corrected chi connectivity index (χ3v) is 10.8. The van der Waals surface area contributed by atoms with Crippen molar-refractivity contribution < 1.29 is 5.11 Å². The van der Waals surface area contributed by atoms with Gasteiger partial charge in [-0.1, -0.05) is 61.3 Å². The Labute approximate surface area is 115 Å². The molecule has 18 heavy (non-hydrogen) atoms. The smallest absolute Gasteiger partial charge is 0.146 e. The summed E-state index contributed by atoms with van der Waals surface area (Å²) in [5.41, 5.74) is 4.58. The molecular formula is C16H32OSi. The van der Waals surface area contributed by atoms with Gasteiger partial charge in [0.1, 0.15) is 13.7 Å². The van der Waals surface area contributed by atoms with Crippen LogP contribution in [0.1, 0.15) is 62.3 Å². The fourth-order valence-electron chi connectivity index (χ4n) is 2.81. The minimum Gasteiger partial charge on any atom is -0.378 e. The number of aliphatic hydroxyl groups is 1. The first-order valence-electron chi connectivity index (χ1n) is 7.25. The summed E-state index contributed by atoms with van der Waals surface area (Å²) >= 11 is 0. The summed E-state index contributed by atoms with van der Waals surface area (Å²) in [5, 5.41) is 10.3. The standard InChI is InChI=1S/C16H32OSi/c1-12(2)16(9,17)10-11-18(13(3)4,14(5)6)15(7)8/h12-15,17H,1-9H3. The largest absolute Gasteiger partial charge is 0.378 e. The van der Waals surface area contributed by atoms with E-state index in [1.165, 1.54) is 0 Å². The second kappa shape index (κ2) is 6.26. The average Bonchev–Trinajstić information content (AvgIpc) is 2.15. The quantitative estimate of drug-likeness (QED) is 0.583. The molecule has 0 aliphatic rings. The van der Waals surface area contributed by atoms with Crippen LogP contribution in [-0.2, 0) is 0 Å². The van der Waals surface area contributed by atoms with Crippen molar-refractivity contribution >= 4 is 8.07 Å². The van der Waals surface area contributed by atoms with E-state index < -0.39 is 13.7 Å². The van der Waals surface area contributed by atoms with Crippen LogP contribution in [0, 0.1) is 17.4 Å². The molecule has 0 heterocycles. The Kier molecular flexibility index (Phi) is 6.17. The molecule has 0 saturated carbocycles. The SMILES string of the molecule is CC(C)C(C)(O)C#C[Si](C(C)C)(C(C)C)C(C)C. The lowest BCUT2D eigenvalue weighted by Gasteiger charge is -2.38. The van der Waals surface area contributed by atoms with Gasteiger partial charge in [-0.3, -0.25) is 0 Å². The molecule has 0 rings (SSSR count). The Morgan fingerprint density at radius 3 is 1.39 bits per heavy atom. The van der Waals surface area contributed by atoms with Crippen LogP contribution in [0.4, 0.5) is 0 Å². The lowest BCUT2D eigenvalue weighted by Crippen LogP contribution is -2.44. The molecule has 0 bridgehead atoms. The molecule has 0 aliphatic heterocycles. The molecule has 0 fully saturated rings. The monoisotopic (exact) mass is 268 g/mol. The zero-order valence-electron chi connectivity index (χ0n) is 13.8. The molecule has 0 saturated heterocycles. The van der Waals surface area contributed by atoms with Gasteiger partial charge in [-0.25, -0.2) is 0 Å². The summed E-state index contributed by atoms with van der Waals surface area (Å²) < 4.78 is 0. The van der Waals surface area contributed by atoms with Crippen molar-refractivity contribution in [2.24, 2.45) is 5.92 Å². The molecule has 0 aromatic carbocycles. The maximum atomic E-state index is 10.3. The molecule has 1 unspecified atom stereocenters. The first kappa shape index (κ1) is 17.7. The van der Waals surface area contributed by atoms with Gasteiger partial charge in [0.05, 0.1) is 0 Å². The van der Waals surface area contributed by atoms with E-state index in [-0.39, 0.29) is 5.92 Å². The molecule has 0 aromatic heterocycles. The van der Waals surface area contributed by atoms with Crippen molar-refractivity contribution in [1.29, 1.82) is 0 Å². The van der Waals surface area contributed by atoms with E-state index in [4.69, 9.17) is 0 Å². The predicted octanol–water partition coefficient (Wildman–Crippen LogP) is 4.61. The third kappa shape index (κ3) is 3.62. The lowest BCUT2D eigenvalue weighted by atomic mass is 9.94. The van der Waals surface area contributed by atoms with Crippen LogP contribution in [0.15, 0.2) is 0 Å². The van der Waals surface area contributed by atoms with Crippen molar-refractivity contribution in [3.05, 3.63) is 0 Å². The van der Waals surface area contributed by atoms with E-state index >= 15 is 0 Å². The van der Waals surface area contributed by atoms with E-state index in [2.05, 4.69) is 53.0 Å². The highest BCUT2D eigenvalue weighted by Gasteiger charge is 2.42. The number of hydrogen-bond acceptors (Lipinski definition) is 1. The van der Waals surface area contributed by atoms with E-state index in [1.54, 1.807) is 0 Å². The Hall–Kier alpha value is -0.263. The van der Waals surface area contributed by atoms with Gasteiger partial charge in [0, 0.05) is 0 Å². The van der Waals surface area contributed by atoms with E-state index in [1.807, 2.05) is 20.8 Å². The van der Waals surface area contributed by atoms with Gasteiger partial charge in [-0.2, -0.15) is 0 Å². The van der Waals surface area contributed by atoms with Crippen molar-refractivity contribution in [2.75, 3.05) is 0 Å². The topological polar surface area (TPSA) is 20.2 Å². The Morgan fingerprint density at radius 2 is 1.17 bits per heavy atom. The maximum absolute atomic E-state index is 10.3. The molecule has 0 aromatic rings. The summed E-state index contributed by atoms with van der Waals surface area (Å²) in [6.45, 7) is 19.7. The minimum atomic E-state index is -1.70. The van der Waals surface area contributed by atoms with Crippen molar-refractivity contribution in [2.45, 2.75) is 84.5 Å². The fraction of sp³-hybridized carbons (Fsp3) is 0.875. The second-order valence-corrected chi connectivity index (χ2v) is 12.5. The van der Waals surface area contributed by atoms with Gasteiger partial charge >= 0.3 is 0 Å². The van der Waals surface area contributed by atoms with Crippen LogP contribution in [0.3, 0.4) is 0 Å². The molecule has 0 aliphatic carbocycles. The summed E-state index contributed by atoms with van der Waals surface area (Å²) in [5.74, 6) is 3.38. The Bertz CT molecular complexity index is 294. The maximum Gasteiger partial charge on any atom is 0.146 e. The van der Waals surface area contributed by atoms with Gasteiger partial charge in [-0.15, -0.1) is 5.54 Å². The zero-order chi connectivity index (χ0) is 14.7. The van der Waals surface area contributed by atoms with Crippen molar-refractivity contribution in [3.8, 4) is 11.5 Å². The summed E-state index contributed by atoms with van der Waals surface area (Å²) in [6, 6.07) is 0. The molecule has 106 valence electrons. The molecular weight excluding hydrogens is 236 g/mol. The van der Waals surface area contributed by atoms with Crippen molar-refractivity contribution in [3.63, 3.8) is 0 Å². The number of hydrogen-bond donors (Lipinski definition) is 1. The first-order valence-corrected chi connectivity index (χ1v) is 9.48. The first-order chi connectivity index (χ1) is 7.98. The third-order valence-electron chi connectivity index (χ3n) is 4.52.